The maximum Gasteiger partial charge on any atom is 0.233 e. The third-order valence-corrected chi connectivity index (χ3v) is 4.65. The number of nitrogens with one attached hydrogen (secondary N) is 1. The second-order valence-electron chi connectivity index (χ2n) is 5.93. The topological polar surface area (TPSA) is 91.0 Å². The van der Waals surface area contributed by atoms with Crippen LogP contribution in [0.1, 0.15) is 44.9 Å². The summed E-state index contributed by atoms with van der Waals surface area (Å²) in [5.41, 5.74) is 4.98. The zero-order chi connectivity index (χ0) is 14.4. The lowest BCUT2D eigenvalue weighted by atomic mass is 9.84. The third-order valence-electron chi connectivity index (χ3n) is 4.65. The van der Waals surface area contributed by atoms with E-state index in [0.29, 0.717) is 19.4 Å². The molecule has 4 N–H and O–H groups in total. The summed E-state index contributed by atoms with van der Waals surface area (Å²) in [5.74, 6) is -0.0206. The first-order valence-electron chi connectivity index (χ1n) is 7.68. The van der Waals surface area contributed by atoms with Gasteiger partial charge in [0.2, 0.25) is 5.91 Å². The molecule has 2 fully saturated rings. The van der Waals surface area contributed by atoms with Gasteiger partial charge in [0, 0.05) is 13.1 Å². The number of oxime groups is 1. The van der Waals surface area contributed by atoms with Crippen molar-refractivity contribution in [2.75, 3.05) is 26.2 Å². The minimum absolute atomic E-state index is 0.0606. The number of hydrogen-bond donors (Lipinski definition) is 3. The van der Waals surface area contributed by atoms with Gasteiger partial charge in [-0.1, -0.05) is 24.4 Å². The molecule has 0 bridgehead atoms. The lowest BCUT2D eigenvalue weighted by Gasteiger charge is -2.29. The molecule has 0 spiro atoms. The highest BCUT2D eigenvalue weighted by Crippen LogP contribution is 2.38. The normalized spacial score (nSPS) is 23.7. The fourth-order valence-electron chi connectivity index (χ4n) is 3.35. The number of rotatable bonds is 5. The predicted molar refractivity (Wildman–Crippen MR) is 77.6 cm³/mol. The van der Waals surface area contributed by atoms with E-state index in [1.54, 1.807) is 0 Å². The van der Waals surface area contributed by atoms with Crippen LogP contribution in [0.3, 0.4) is 0 Å². The van der Waals surface area contributed by atoms with Crippen molar-refractivity contribution in [1.82, 2.24) is 10.2 Å². The molecule has 1 saturated heterocycles. The Bertz CT molecular complexity index is 358. The Kier molecular flexibility index (Phi) is 5.23. The first-order valence-corrected chi connectivity index (χ1v) is 7.68. The van der Waals surface area contributed by atoms with Crippen LogP contribution in [0.4, 0.5) is 0 Å². The molecule has 0 radical (unpaired) electrons. The van der Waals surface area contributed by atoms with Gasteiger partial charge in [-0.15, -0.1) is 0 Å². The van der Waals surface area contributed by atoms with Crippen molar-refractivity contribution < 1.29 is 10.0 Å². The molecule has 114 valence electrons. The highest BCUT2D eigenvalue weighted by atomic mass is 16.4. The summed E-state index contributed by atoms with van der Waals surface area (Å²) in [6, 6.07) is 0. The molecule has 0 unspecified atom stereocenters. The van der Waals surface area contributed by atoms with Crippen LogP contribution in [0.25, 0.3) is 0 Å². The van der Waals surface area contributed by atoms with E-state index in [1.165, 1.54) is 19.3 Å². The molecule has 6 nitrogen and oxygen atoms in total. The highest BCUT2D eigenvalue weighted by Gasteiger charge is 2.45. The molecular weight excluding hydrogens is 256 g/mol. The van der Waals surface area contributed by atoms with Crippen LogP contribution in [-0.2, 0) is 4.79 Å². The van der Waals surface area contributed by atoms with Gasteiger partial charge in [0.15, 0.2) is 5.84 Å². The van der Waals surface area contributed by atoms with Crippen LogP contribution in [-0.4, -0.2) is 48.0 Å². The minimum atomic E-state index is -0.781. The number of carbonyl (C=O) groups is 1. The third kappa shape index (κ3) is 3.23. The SMILES string of the molecule is NC(=NO)C1(C(=O)NCCN2CCCCC2)CCCC1. The molecule has 6 heteroatoms. The van der Waals surface area contributed by atoms with Crippen LogP contribution >= 0.6 is 0 Å². The van der Waals surface area contributed by atoms with Gasteiger partial charge in [0.25, 0.3) is 0 Å². The number of piperidine rings is 1. The van der Waals surface area contributed by atoms with E-state index in [0.717, 1.165) is 32.5 Å². The molecule has 0 aromatic carbocycles. The van der Waals surface area contributed by atoms with Crippen molar-refractivity contribution in [3.63, 3.8) is 0 Å². The fourth-order valence-corrected chi connectivity index (χ4v) is 3.35. The Balaban J connectivity index is 1.83. The van der Waals surface area contributed by atoms with E-state index in [2.05, 4.69) is 15.4 Å². The number of amides is 1. The highest BCUT2D eigenvalue weighted by molar-refractivity contribution is 6.07. The van der Waals surface area contributed by atoms with E-state index < -0.39 is 5.41 Å². The summed E-state index contributed by atoms with van der Waals surface area (Å²) in [5, 5.41) is 15.0. The first kappa shape index (κ1) is 15.1. The zero-order valence-electron chi connectivity index (χ0n) is 12.1. The summed E-state index contributed by atoms with van der Waals surface area (Å²) >= 11 is 0. The molecule has 1 saturated carbocycles. The van der Waals surface area contributed by atoms with Crippen molar-refractivity contribution in [2.24, 2.45) is 16.3 Å². The largest absolute Gasteiger partial charge is 0.409 e. The van der Waals surface area contributed by atoms with E-state index in [-0.39, 0.29) is 11.7 Å². The number of amidine groups is 1. The Labute approximate surface area is 120 Å². The van der Waals surface area contributed by atoms with Crippen LogP contribution in [0.5, 0.6) is 0 Å². The molecule has 20 heavy (non-hydrogen) atoms. The molecule has 0 aromatic rings. The van der Waals surface area contributed by atoms with Crippen LogP contribution < -0.4 is 11.1 Å². The van der Waals surface area contributed by atoms with Crippen molar-refractivity contribution in [3.05, 3.63) is 0 Å². The van der Waals surface area contributed by atoms with E-state index in [4.69, 9.17) is 10.9 Å². The molecule has 1 aliphatic carbocycles. The van der Waals surface area contributed by atoms with Gasteiger partial charge >= 0.3 is 0 Å². The summed E-state index contributed by atoms with van der Waals surface area (Å²) in [4.78, 5) is 14.8. The maximum absolute atomic E-state index is 12.4. The van der Waals surface area contributed by atoms with E-state index >= 15 is 0 Å². The molecular formula is C14H26N4O2. The number of hydrogen-bond acceptors (Lipinski definition) is 4. The van der Waals surface area contributed by atoms with Gasteiger partial charge in [-0.3, -0.25) is 4.79 Å². The Hall–Kier alpha value is -1.30. The summed E-state index contributed by atoms with van der Waals surface area (Å²) in [6.45, 7) is 3.78. The zero-order valence-corrected chi connectivity index (χ0v) is 12.1. The van der Waals surface area contributed by atoms with Crippen molar-refractivity contribution >= 4 is 11.7 Å². The first-order chi connectivity index (χ1) is 9.69. The molecule has 0 atom stereocenters. The van der Waals surface area contributed by atoms with Gasteiger partial charge in [0.1, 0.15) is 5.41 Å². The Morgan fingerprint density at radius 3 is 2.45 bits per heavy atom. The van der Waals surface area contributed by atoms with Gasteiger partial charge in [0.05, 0.1) is 0 Å². The van der Waals surface area contributed by atoms with Crippen LogP contribution in [0, 0.1) is 5.41 Å². The average Bonchev–Trinajstić information content (AvgIpc) is 2.98. The number of likely N-dealkylation sites (tertiary alicyclic amines) is 1. The van der Waals surface area contributed by atoms with Gasteiger partial charge in [-0.05, 0) is 38.8 Å². The smallest absolute Gasteiger partial charge is 0.233 e. The standard InChI is InChI=1S/C14H26N4O2/c15-12(17-20)14(6-2-3-7-14)13(19)16-8-11-18-9-4-1-5-10-18/h20H,1-11H2,(H2,15,17)(H,16,19). The van der Waals surface area contributed by atoms with Crippen molar-refractivity contribution in [2.45, 2.75) is 44.9 Å². The van der Waals surface area contributed by atoms with E-state index in [9.17, 15) is 4.79 Å². The molecule has 2 rings (SSSR count). The maximum atomic E-state index is 12.4. The molecule has 1 amide bonds. The number of nitrogens with two attached hydrogens (primary N) is 1. The minimum Gasteiger partial charge on any atom is -0.409 e. The Morgan fingerprint density at radius 2 is 1.85 bits per heavy atom. The van der Waals surface area contributed by atoms with Crippen molar-refractivity contribution in [3.8, 4) is 0 Å². The molecule has 0 aromatic heterocycles. The van der Waals surface area contributed by atoms with Crippen molar-refractivity contribution in [1.29, 1.82) is 0 Å². The fraction of sp³-hybridized carbons (Fsp3) is 0.857. The van der Waals surface area contributed by atoms with Gasteiger partial charge in [-0.2, -0.15) is 0 Å². The monoisotopic (exact) mass is 282 g/mol. The van der Waals surface area contributed by atoms with Gasteiger partial charge < -0.3 is 21.2 Å². The predicted octanol–water partition coefficient (Wildman–Crippen LogP) is 0.895. The average molecular weight is 282 g/mol. The van der Waals surface area contributed by atoms with Crippen LogP contribution in [0.15, 0.2) is 5.16 Å². The second kappa shape index (κ2) is 6.92. The lowest BCUT2D eigenvalue weighted by molar-refractivity contribution is -0.127. The molecule has 1 heterocycles. The molecule has 2 aliphatic rings. The quantitative estimate of drug-likeness (QED) is 0.302. The Morgan fingerprint density at radius 1 is 1.20 bits per heavy atom. The second-order valence-corrected chi connectivity index (χ2v) is 5.93. The van der Waals surface area contributed by atoms with E-state index in [1.807, 2.05) is 0 Å². The molecule has 1 aliphatic heterocycles. The van der Waals surface area contributed by atoms with Crippen LogP contribution in [0.2, 0.25) is 0 Å². The summed E-state index contributed by atoms with van der Waals surface area (Å²) < 4.78 is 0. The summed E-state index contributed by atoms with van der Waals surface area (Å²) in [7, 11) is 0. The lowest BCUT2D eigenvalue weighted by Crippen LogP contribution is -2.49. The van der Waals surface area contributed by atoms with Gasteiger partial charge in [-0.25, -0.2) is 0 Å². The number of nitrogens with zero attached hydrogens (tertiary/aromatic N) is 2. The number of carbonyl (C=O) groups excluding carboxylic acids is 1. The summed E-state index contributed by atoms with van der Waals surface area (Å²) in [6.07, 6.45) is 7.09.